The first-order valence-corrected chi connectivity index (χ1v) is 3.46. The quantitative estimate of drug-likeness (QED) is 0.662. The van der Waals surface area contributed by atoms with Crippen LogP contribution in [0.2, 0.25) is 0 Å². The number of aromatic nitrogens is 1. The highest BCUT2D eigenvalue weighted by molar-refractivity contribution is 5.97. The standard InChI is InChI=1S/C8H10N2O2/c1-5(11)8-6(9)3-4-7(10-8)12-2/h3-4H,9H2,1-2H3. The highest BCUT2D eigenvalue weighted by Gasteiger charge is 2.07. The van der Waals surface area contributed by atoms with Crippen LogP contribution in [0.1, 0.15) is 17.4 Å². The molecule has 2 N–H and O–H groups in total. The summed E-state index contributed by atoms with van der Waals surface area (Å²) in [7, 11) is 1.49. The first-order chi connectivity index (χ1) is 5.65. The number of nitrogens with zero attached hydrogens (tertiary/aromatic N) is 1. The SMILES string of the molecule is COc1ccc(N)c(C(C)=O)n1. The number of ketones is 1. The molecule has 1 heterocycles. The van der Waals surface area contributed by atoms with Crippen LogP contribution in [0, 0.1) is 0 Å². The molecule has 0 atom stereocenters. The molecule has 0 fully saturated rings. The van der Waals surface area contributed by atoms with Crippen molar-refractivity contribution in [2.45, 2.75) is 6.92 Å². The molecule has 1 rings (SSSR count). The fourth-order valence-corrected chi connectivity index (χ4v) is 0.848. The molecule has 1 aromatic rings. The van der Waals surface area contributed by atoms with Gasteiger partial charge in [0.25, 0.3) is 0 Å². The molecule has 0 bridgehead atoms. The van der Waals surface area contributed by atoms with Gasteiger partial charge in [-0.3, -0.25) is 4.79 Å². The number of methoxy groups -OCH3 is 1. The van der Waals surface area contributed by atoms with E-state index in [1.807, 2.05) is 0 Å². The number of carbonyl (C=O) groups excluding carboxylic acids is 1. The smallest absolute Gasteiger partial charge is 0.213 e. The van der Waals surface area contributed by atoms with Crippen molar-refractivity contribution < 1.29 is 9.53 Å². The first-order valence-electron chi connectivity index (χ1n) is 3.46. The van der Waals surface area contributed by atoms with E-state index in [0.29, 0.717) is 11.6 Å². The Morgan fingerprint density at radius 1 is 1.58 bits per heavy atom. The number of nitrogens with two attached hydrogens (primary N) is 1. The molecule has 0 saturated carbocycles. The van der Waals surface area contributed by atoms with Gasteiger partial charge in [0.2, 0.25) is 5.88 Å². The van der Waals surface area contributed by atoms with Gasteiger partial charge in [0.15, 0.2) is 5.78 Å². The number of pyridine rings is 1. The van der Waals surface area contributed by atoms with E-state index in [0.717, 1.165) is 0 Å². The first kappa shape index (κ1) is 8.52. The Morgan fingerprint density at radius 2 is 2.25 bits per heavy atom. The van der Waals surface area contributed by atoms with E-state index in [-0.39, 0.29) is 11.5 Å². The predicted octanol–water partition coefficient (Wildman–Crippen LogP) is 0.875. The minimum atomic E-state index is -0.161. The van der Waals surface area contributed by atoms with Gasteiger partial charge < -0.3 is 10.5 Å². The lowest BCUT2D eigenvalue weighted by molar-refractivity contribution is 0.101. The lowest BCUT2D eigenvalue weighted by Gasteiger charge is -2.02. The topological polar surface area (TPSA) is 65.2 Å². The van der Waals surface area contributed by atoms with E-state index >= 15 is 0 Å². The number of hydrogen-bond acceptors (Lipinski definition) is 4. The largest absolute Gasteiger partial charge is 0.481 e. The predicted molar refractivity (Wildman–Crippen MR) is 45.2 cm³/mol. The van der Waals surface area contributed by atoms with Crippen LogP contribution in [0.3, 0.4) is 0 Å². The second kappa shape index (κ2) is 3.21. The number of carbonyl (C=O) groups is 1. The fraction of sp³-hybridized carbons (Fsp3) is 0.250. The van der Waals surface area contributed by atoms with Gasteiger partial charge in [0, 0.05) is 13.0 Å². The molecule has 0 saturated heterocycles. The average Bonchev–Trinajstić information content (AvgIpc) is 2.05. The number of hydrogen-bond donors (Lipinski definition) is 1. The van der Waals surface area contributed by atoms with E-state index in [1.54, 1.807) is 12.1 Å². The third-order valence-corrected chi connectivity index (χ3v) is 1.44. The van der Waals surface area contributed by atoms with Crippen molar-refractivity contribution >= 4 is 11.5 Å². The van der Waals surface area contributed by atoms with E-state index < -0.39 is 0 Å². The Kier molecular flexibility index (Phi) is 2.28. The lowest BCUT2D eigenvalue weighted by Crippen LogP contribution is -2.03. The van der Waals surface area contributed by atoms with Crippen LogP contribution < -0.4 is 10.5 Å². The normalized spacial score (nSPS) is 9.50. The summed E-state index contributed by atoms with van der Waals surface area (Å²) < 4.78 is 4.84. The zero-order valence-corrected chi connectivity index (χ0v) is 7.00. The molecule has 64 valence electrons. The molecular formula is C8H10N2O2. The van der Waals surface area contributed by atoms with Crippen LogP contribution in [-0.4, -0.2) is 17.9 Å². The van der Waals surface area contributed by atoms with Crippen LogP contribution in [0.5, 0.6) is 5.88 Å². The Hall–Kier alpha value is -1.58. The summed E-state index contributed by atoms with van der Waals surface area (Å²) in [6.45, 7) is 1.41. The maximum absolute atomic E-state index is 10.9. The fourth-order valence-electron chi connectivity index (χ4n) is 0.848. The minimum Gasteiger partial charge on any atom is -0.481 e. The molecule has 0 amide bonds. The number of rotatable bonds is 2. The maximum atomic E-state index is 10.9. The second-order valence-corrected chi connectivity index (χ2v) is 2.35. The Balaban J connectivity index is 3.17. The highest BCUT2D eigenvalue weighted by atomic mass is 16.5. The van der Waals surface area contributed by atoms with Gasteiger partial charge in [-0.2, -0.15) is 0 Å². The molecule has 0 radical (unpaired) electrons. The van der Waals surface area contributed by atoms with Crippen molar-refractivity contribution in [1.29, 1.82) is 0 Å². The molecular weight excluding hydrogens is 156 g/mol. The molecule has 0 unspecified atom stereocenters. The van der Waals surface area contributed by atoms with E-state index in [1.165, 1.54) is 14.0 Å². The van der Waals surface area contributed by atoms with E-state index in [9.17, 15) is 4.79 Å². The van der Waals surface area contributed by atoms with Crippen molar-refractivity contribution in [3.05, 3.63) is 17.8 Å². The van der Waals surface area contributed by atoms with Crippen LogP contribution >= 0.6 is 0 Å². The van der Waals surface area contributed by atoms with Crippen molar-refractivity contribution in [2.24, 2.45) is 0 Å². The molecule has 0 aromatic carbocycles. The van der Waals surface area contributed by atoms with Crippen LogP contribution in [0.15, 0.2) is 12.1 Å². The molecule has 4 nitrogen and oxygen atoms in total. The second-order valence-electron chi connectivity index (χ2n) is 2.35. The number of nitrogen functional groups attached to an aromatic ring is 1. The summed E-state index contributed by atoms with van der Waals surface area (Å²) in [6, 6.07) is 3.21. The van der Waals surface area contributed by atoms with Crippen molar-refractivity contribution in [1.82, 2.24) is 4.98 Å². The van der Waals surface area contributed by atoms with Crippen molar-refractivity contribution in [2.75, 3.05) is 12.8 Å². The lowest BCUT2D eigenvalue weighted by atomic mass is 10.2. The summed E-state index contributed by atoms with van der Waals surface area (Å²) in [5.74, 6) is 0.237. The maximum Gasteiger partial charge on any atom is 0.213 e. The number of anilines is 1. The van der Waals surface area contributed by atoms with Gasteiger partial charge in [-0.25, -0.2) is 4.98 Å². The Bertz CT molecular complexity index is 310. The van der Waals surface area contributed by atoms with E-state index in [2.05, 4.69) is 4.98 Å². The third kappa shape index (κ3) is 1.53. The molecule has 0 aliphatic carbocycles. The van der Waals surface area contributed by atoms with Crippen LogP contribution in [0.4, 0.5) is 5.69 Å². The molecule has 0 spiro atoms. The zero-order chi connectivity index (χ0) is 9.14. The molecule has 0 aliphatic heterocycles. The molecule has 4 heteroatoms. The van der Waals surface area contributed by atoms with Gasteiger partial charge in [0.05, 0.1) is 12.8 Å². The Morgan fingerprint density at radius 3 is 2.75 bits per heavy atom. The summed E-state index contributed by atoms with van der Waals surface area (Å²) in [6.07, 6.45) is 0. The molecule has 0 aliphatic rings. The third-order valence-electron chi connectivity index (χ3n) is 1.44. The van der Waals surface area contributed by atoms with Crippen LogP contribution in [0.25, 0.3) is 0 Å². The van der Waals surface area contributed by atoms with Gasteiger partial charge in [-0.1, -0.05) is 0 Å². The molecule has 12 heavy (non-hydrogen) atoms. The highest BCUT2D eigenvalue weighted by Crippen LogP contribution is 2.14. The number of ether oxygens (including phenoxy) is 1. The monoisotopic (exact) mass is 166 g/mol. The Labute approximate surface area is 70.4 Å². The van der Waals surface area contributed by atoms with Gasteiger partial charge in [-0.15, -0.1) is 0 Å². The number of Topliss-reactive ketones (excluding diaryl/α,β-unsaturated/α-hetero) is 1. The summed E-state index contributed by atoms with van der Waals surface area (Å²) in [5.41, 5.74) is 6.14. The van der Waals surface area contributed by atoms with Gasteiger partial charge in [0.1, 0.15) is 5.69 Å². The summed E-state index contributed by atoms with van der Waals surface area (Å²) in [5, 5.41) is 0. The van der Waals surface area contributed by atoms with E-state index in [4.69, 9.17) is 10.5 Å². The minimum absolute atomic E-state index is 0.161. The molecule has 1 aromatic heterocycles. The van der Waals surface area contributed by atoms with Gasteiger partial charge in [-0.05, 0) is 6.07 Å². The zero-order valence-electron chi connectivity index (χ0n) is 7.00. The average molecular weight is 166 g/mol. The van der Waals surface area contributed by atoms with Crippen LogP contribution in [-0.2, 0) is 0 Å². The summed E-state index contributed by atoms with van der Waals surface area (Å²) >= 11 is 0. The van der Waals surface area contributed by atoms with Gasteiger partial charge >= 0.3 is 0 Å². The van der Waals surface area contributed by atoms with Crippen molar-refractivity contribution in [3.8, 4) is 5.88 Å². The summed E-state index contributed by atoms with van der Waals surface area (Å²) in [4.78, 5) is 14.8. The van der Waals surface area contributed by atoms with Crippen molar-refractivity contribution in [3.63, 3.8) is 0 Å².